The van der Waals surface area contributed by atoms with Gasteiger partial charge in [-0.15, -0.1) is 0 Å². The Labute approximate surface area is 152 Å². The molecule has 1 aliphatic heterocycles. The molecular weight excluding hydrogens is 330 g/mol. The average molecular weight is 353 g/mol. The summed E-state index contributed by atoms with van der Waals surface area (Å²) in [4.78, 5) is 28.0. The maximum Gasteiger partial charge on any atom is 0.303 e. The molecule has 1 aromatic carbocycles. The van der Waals surface area contributed by atoms with E-state index in [1.807, 2.05) is 24.3 Å². The standard InChI is InChI=1S/C20H23N3O3/c21-11-14-1-6-17(23-12-14)15-2-4-16(5-3-15)20(26)18-9-13(7-8-22-18)10-19(24)25/h1-6,12-13,18,22H,7-11,21H2,(H,24,25). The van der Waals surface area contributed by atoms with Crippen LogP contribution in [0.15, 0.2) is 42.6 Å². The van der Waals surface area contributed by atoms with E-state index in [-0.39, 0.29) is 24.2 Å². The first-order valence-electron chi connectivity index (χ1n) is 8.81. The molecule has 2 atom stereocenters. The van der Waals surface area contributed by atoms with Crippen LogP contribution >= 0.6 is 0 Å². The van der Waals surface area contributed by atoms with Crippen LogP contribution < -0.4 is 11.1 Å². The summed E-state index contributed by atoms with van der Waals surface area (Å²) in [6.45, 7) is 1.13. The fraction of sp³-hybridized carbons (Fsp3) is 0.350. The molecule has 1 saturated heterocycles. The van der Waals surface area contributed by atoms with Crippen LogP contribution in [0.25, 0.3) is 11.3 Å². The fourth-order valence-corrected chi connectivity index (χ4v) is 3.35. The van der Waals surface area contributed by atoms with E-state index in [2.05, 4.69) is 10.3 Å². The third kappa shape index (κ3) is 4.33. The highest BCUT2D eigenvalue weighted by atomic mass is 16.4. The largest absolute Gasteiger partial charge is 0.481 e. The number of carbonyl (C=O) groups is 2. The van der Waals surface area contributed by atoms with Gasteiger partial charge in [-0.2, -0.15) is 0 Å². The van der Waals surface area contributed by atoms with E-state index in [1.54, 1.807) is 18.3 Å². The molecule has 136 valence electrons. The monoisotopic (exact) mass is 353 g/mol. The summed E-state index contributed by atoms with van der Waals surface area (Å²) in [5, 5.41) is 12.2. The highest BCUT2D eigenvalue weighted by molar-refractivity contribution is 6.00. The minimum absolute atomic E-state index is 0.0121. The normalized spacial score (nSPS) is 19.9. The number of ketones is 1. The van der Waals surface area contributed by atoms with Crippen molar-refractivity contribution in [3.63, 3.8) is 0 Å². The number of pyridine rings is 1. The van der Waals surface area contributed by atoms with Crippen LogP contribution in [0.4, 0.5) is 0 Å². The summed E-state index contributed by atoms with van der Waals surface area (Å²) in [5.74, 6) is -0.745. The van der Waals surface area contributed by atoms with E-state index in [4.69, 9.17) is 10.8 Å². The number of hydrogen-bond donors (Lipinski definition) is 3. The summed E-state index contributed by atoms with van der Waals surface area (Å²) in [5.41, 5.74) is 8.95. The molecule has 1 fully saturated rings. The number of piperidine rings is 1. The number of aromatic nitrogens is 1. The average Bonchev–Trinajstić information content (AvgIpc) is 2.67. The third-order valence-electron chi connectivity index (χ3n) is 4.82. The van der Waals surface area contributed by atoms with Crippen molar-refractivity contribution in [1.82, 2.24) is 10.3 Å². The predicted octanol–water partition coefficient (Wildman–Crippen LogP) is 2.23. The Morgan fingerprint density at radius 1 is 1.19 bits per heavy atom. The summed E-state index contributed by atoms with van der Waals surface area (Å²) < 4.78 is 0. The molecule has 4 N–H and O–H groups in total. The zero-order valence-corrected chi connectivity index (χ0v) is 14.5. The molecule has 2 heterocycles. The van der Waals surface area contributed by atoms with E-state index in [1.165, 1.54) is 0 Å². The van der Waals surface area contributed by atoms with Crippen LogP contribution in [0.5, 0.6) is 0 Å². The Morgan fingerprint density at radius 2 is 1.96 bits per heavy atom. The highest BCUT2D eigenvalue weighted by Gasteiger charge is 2.28. The van der Waals surface area contributed by atoms with Crippen LogP contribution in [0.1, 0.15) is 35.2 Å². The van der Waals surface area contributed by atoms with E-state index < -0.39 is 5.97 Å². The molecule has 0 radical (unpaired) electrons. The molecule has 6 heteroatoms. The van der Waals surface area contributed by atoms with Crippen molar-refractivity contribution >= 4 is 11.8 Å². The highest BCUT2D eigenvalue weighted by Crippen LogP contribution is 2.23. The lowest BCUT2D eigenvalue weighted by Crippen LogP contribution is -2.44. The summed E-state index contributed by atoms with van der Waals surface area (Å²) in [6, 6.07) is 10.9. The van der Waals surface area contributed by atoms with Crippen molar-refractivity contribution in [1.29, 1.82) is 0 Å². The SMILES string of the molecule is NCc1ccc(-c2ccc(C(=O)C3CC(CC(=O)O)CCN3)cc2)nc1. The minimum Gasteiger partial charge on any atom is -0.481 e. The molecule has 0 spiro atoms. The molecule has 2 unspecified atom stereocenters. The van der Waals surface area contributed by atoms with Crippen molar-refractivity contribution in [2.24, 2.45) is 11.7 Å². The summed E-state index contributed by atoms with van der Waals surface area (Å²) in [7, 11) is 0. The van der Waals surface area contributed by atoms with Crippen LogP contribution in [0.3, 0.4) is 0 Å². The quantitative estimate of drug-likeness (QED) is 0.688. The number of aliphatic carboxylic acids is 1. The summed E-state index contributed by atoms with van der Waals surface area (Å²) >= 11 is 0. The predicted molar refractivity (Wildman–Crippen MR) is 98.7 cm³/mol. The number of hydrogen-bond acceptors (Lipinski definition) is 5. The van der Waals surface area contributed by atoms with Crippen LogP contribution in [0.2, 0.25) is 0 Å². The maximum atomic E-state index is 12.7. The van der Waals surface area contributed by atoms with Gasteiger partial charge in [0.25, 0.3) is 0 Å². The van der Waals surface area contributed by atoms with E-state index in [0.29, 0.717) is 25.1 Å². The second kappa shape index (κ2) is 8.21. The first-order chi connectivity index (χ1) is 12.6. The first kappa shape index (κ1) is 18.2. The molecule has 0 aliphatic carbocycles. The van der Waals surface area contributed by atoms with Gasteiger partial charge in [-0.3, -0.25) is 14.6 Å². The molecule has 26 heavy (non-hydrogen) atoms. The number of benzene rings is 1. The molecule has 1 aromatic heterocycles. The van der Waals surface area contributed by atoms with Crippen LogP contribution in [-0.2, 0) is 11.3 Å². The lowest BCUT2D eigenvalue weighted by Gasteiger charge is -2.28. The van der Waals surface area contributed by atoms with Crippen molar-refractivity contribution in [3.8, 4) is 11.3 Å². The third-order valence-corrected chi connectivity index (χ3v) is 4.82. The van der Waals surface area contributed by atoms with Gasteiger partial charge < -0.3 is 16.2 Å². The number of nitrogens with one attached hydrogen (secondary N) is 1. The number of nitrogens with two attached hydrogens (primary N) is 1. The number of carboxylic acids is 1. The second-order valence-corrected chi connectivity index (χ2v) is 6.69. The number of rotatable bonds is 6. The van der Waals surface area contributed by atoms with Crippen LogP contribution in [0, 0.1) is 5.92 Å². The maximum absolute atomic E-state index is 12.7. The van der Waals surface area contributed by atoms with Gasteiger partial charge in [0.1, 0.15) is 0 Å². The van der Waals surface area contributed by atoms with Gasteiger partial charge in [-0.1, -0.05) is 30.3 Å². The molecule has 0 saturated carbocycles. The van der Waals surface area contributed by atoms with Crippen molar-refractivity contribution in [3.05, 3.63) is 53.7 Å². The van der Waals surface area contributed by atoms with E-state index in [9.17, 15) is 9.59 Å². The number of carboxylic acid groups (broad SMARTS) is 1. The van der Waals surface area contributed by atoms with Crippen LogP contribution in [-0.4, -0.2) is 34.4 Å². The lowest BCUT2D eigenvalue weighted by atomic mass is 9.86. The molecular formula is C20H23N3O3. The molecule has 0 bridgehead atoms. The van der Waals surface area contributed by atoms with Crippen molar-refractivity contribution in [2.75, 3.05) is 6.54 Å². The van der Waals surface area contributed by atoms with E-state index >= 15 is 0 Å². The number of nitrogens with zero attached hydrogens (tertiary/aromatic N) is 1. The topological polar surface area (TPSA) is 105 Å². The van der Waals surface area contributed by atoms with Gasteiger partial charge in [0, 0.05) is 30.3 Å². The Morgan fingerprint density at radius 3 is 2.58 bits per heavy atom. The van der Waals surface area contributed by atoms with Crippen molar-refractivity contribution < 1.29 is 14.7 Å². The zero-order chi connectivity index (χ0) is 18.5. The van der Waals surface area contributed by atoms with Gasteiger partial charge in [0.15, 0.2) is 5.78 Å². The number of Topliss-reactive ketones (excluding diaryl/α,β-unsaturated/α-hetero) is 1. The van der Waals surface area contributed by atoms with Gasteiger partial charge in [0.2, 0.25) is 0 Å². The van der Waals surface area contributed by atoms with Gasteiger partial charge in [-0.25, -0.2) is 0 Å². The number of carbonyl (C=O) groups excluding carboxylic acids is 1. The second-order valence-electron chi connectivity index (χ2n) is 6.69. The molecule has 3 rings (SSSR count). The summed E-state index contributed by atoms with van der Waals surface area (Å²) in [6.07, 6.45) is 3.23. The molecule has 2 aromatic rings. The van der Waals surface area contributed by atoms with Gasteiger partial charge in [-0.05, 0) is 36.9 Å². The Bertz CT molecular complexity index is 772. The Kier molecular flexibility index (Phi) is 5.75. The molecule has 1 aliphatic rings. The lowest BCUT2D eigenvalue weighted by molar-refractivity contribution is -0.138. The zero-order valence-electron chi connectivity index (χ0n) is 14.5. The smallest absolute Gasteiger partial charge is 0.303 e. The van der Waals surface area contributed by atoms with Gasteiger partial charge in [0.05, 0.1) is 11.7 Å². The van der Waals surface area contributed by atoms with Crippen molar-refractivity contribution in [2.45, 2.75) is 31.8 Å². The van der Waals surface area contributed by atoms with E-state index in [0.717, 1.165) is 23.2 Å². The fourth-order valence-electron chi connectivity index (χ4n) is 3.35. The Hall–Kier alpha value is -2.57. The first-order valence-corrected chi connectivity index (χ1v) is 8.81. The minimum atomic E-state index is -0.805. The Balaban J connectivity index is 1.69. The molecule has 0 amide bonds. The van der Waals surface area contributed by atoms with Gasteiger partial charge >= 0.3 is 5.97 Å². The molecule has 6 nitrogen and oxygen atoms in total.